The van der Waals surface area contributed by atoms with Crippen molar-refractivity contribution in [2.45, 2.75) is 26.2 Å². The molecule has 3 aromatic rings. The molecule has 7 N–H and O–H groups in total. The number of halogens is 1. The number of imidazole rings is 1. The molecule has 0 bridgehead atoms. The zero-order valence-electron chi connectivity index (χ0n) is 16.7. The summed E-state index contributed by atoms with van der Waals surface area (Å²) in [6.45, 7) is 5.56. The first-order valence-corrected chi connectivity index (χ1v) is 8.88. The normalized spacial score (nSPS) is 13.5. The number of nitrogens with one attached hydrogen (secondary N) is 3. The number of hydrogen-bond acceptors (Lipinski definition) is 7. The molecule has 2 aromatic heterocycles. The third-order valence-electron chi connectivity index (χ3n) is 4.53. The van der Waals surface area contributed by atoms with Crippen molar-refractivity contribution in [3.05, 3.63) is 60.5 Å². The zero-order chi connectivity index (χ0) is 23.2. The predicted molar refractivity (Wildman–Crippen MR) is 110 cm³/mol. The third kappa shape index (κ3) is 3.67. The van der Waals surface area contributed by atoms with E-state index in [4.69, 9.17) is 7.85 Å². The number of aliphatic hydroxyl groups excluding tert-OH is 1. The molecule has 0 unspecified atom stereocenters. The number of benzene rings is 1. The third-order valence-corrected chi connectivity index (χ3v) is 4.53. The van der Waals surface area contributed by atoms with Crippen LogP contribution in [-0.4, -0.2) is 48.2 Å². The van der Waals surface area contributed by atoms with Crippen LogP contribution in [0.3, 0.4) is 0 Å². The van der Waals surface area contributed by atoms with Gasteiger partial charge in [0.15, 0.2) is 28.4 Å². The summed E-state index contributed by atoms with van der Waals surface area (Å²) in [5.74, 6) is -5.30. The first-order valence-electron chi connectivity index (χ1n) is 8.88. The number of aromatic nitrogens is 4. The molecule has 3 rings (SSSR count). The number of aromatic hydroxyl groups is 3. The van der Waals surface area contributed by atoms with E-state index in [2.05, 4.69) is 19.9 Å². The zero-order valence-corrected chi connectivity index (χ0v) is 16.7. The molecule has 31 heavy (non-hydrogen) atoms. The van der Waals surface area contributed by atoms with Gasteiger partial charge in [0.25, 0.3) is 11.1 Å². The number of phenols is 3. The predicted octanol–water partition coefficient (Wildman–Crippen LogP) is -1.32. The molecule has 2 heterocycles. The Morgan fingerprint density at radius 3 is 2.35 bits per heavy atom. The highest BCUT2D eigenvalue weighted by atomic mass is 19.1. The van der Waals surface area contributed by atoms with Gasteiger partial charge in [-0.05, 0) is 11.5 Å². The Labute approximate surface area is 174 Å². The molecule has 0 aliphatic heterocycles. The molecule has 0 aliphatic rings. The lowest BCUT2D eigenvalue weighted by Gasteiger charge is -2.17. The molecule has 10 nitrogen and oxygen atoms in total. The van der Waals surface area contributed by atoms with Gasteiger partial charge < -0.3 is 35.4 Å². The highest BCUT2D eigenvalue weighted by Crippen LogP contribution is 2.36. The summed E-state index contributed by atoms with van der Waals surface area (Å²) >= 11 is 0. The maximum Gasteiger partial charge on any atom is 0.276 e. The molecule has 160 valence electrons. The van der Waals surface area contributed by atoms with Gasteiger partial charge in [-0.3, -0.25) is 9.59 Å². The average Bonchev–Trinajstić information content (AvgIpc) is 3.20. The van der Waals surface area contributed by atoms with Crippen molar-refractivity contribution >= 4 is 25.1 Å². The van der Waals surface area contributed by atoms with Crippen molar-refractivity contribution in [2.75, 3.05) is 0 Å². The molecule has 0 spiro atoms. The molecule has 1 aromatic carbocycles. The average molecular weight is 428 g/mol. The monoisotopic (exact) mass is 428 g/mol. The summed E-state index contributed by atoms with van der Waals surface area (Å²) < 4.78 is 13.6. The number of rotatable bonds is 2. The number of H-pyrrole nitrogens is 3. The fourth-order valence-electron chi connectivity index (χ4n) is 2.91. The number of hydrogen-bond donors (Lipinski definition) is 7. The van der Waals surface area contributed by atoms with E-state index in [1.165, 1.54) is 6.33 Å². The second-order valence-electron chi connectivity index (χ2n) is 7.75. The quantitative estimate of drug-likeness (QED) is 0.150. The molecule has 0 aliphatic carbocycles. The van der Waals surface area contributed by atoms with Gasteiger partial charge in [-0.2, -0.15) is 0 Å². The van der Waals surface area contributed by atoms with Crippen LogP contribution >= 0.6 is 0 Å². The molecule has 0 atom stereocenters. The largest absolute Gasteiger partial charge is 0.508 e. The van der Waals surface area contributed by atoms with E-state index in [1.807, 2.05) is 20.8 Å². The molecular formula is C19H18BFN4O6. The lowest BCUT2D eigenvalue weighted by molar-refractivity contribution is 0.373. The lowest BCUT2D eigenvalue weighted by atomic mass is 9.90. The van der Waals surface area contributed by atoms with E-state index in [1.54, 1.807) is 0 Å². The highest BCUT2D eigenvalue weighted by molar-refractivity contribution is 6.35. The number of phenolic OH excluding ortho intramolecular Hbond substituents is 3. The first kappa shape index (κ1) is 21.7. The summed E-state index contributed by atoms with van der Waals surface area (Å²) in [5, 5.41) is 39.0. The number of nitrogens with zero attached hydrogens (tertiary/aromatic N) is 1. The van der Waals surface area contributed by atoms with Crippen molar-refractivity contribution in [1.29, 1.82) is 0 Å². The van der Waals surface area contributed by atoms with E-state index < -0.39 is 67.1 Å². The Morgan fingerprint density at radius 2 is 1.74 bits per heavy atom. The lowest BCUT2D eigenvalue weighted by Crippen LogP contribution is -2.48. The molecule has 0 saturated heterocycles. The van der Waals surface area contributed by atoms with E-state index in [0.29, 0.717) is 5.69 Å². The number of aliphatic hydroxyl groups is 1. The van der Waals surface area contributed by atoms with Crippen molar-refractivity contribution in [3.8, 4) is 17.2 Å². The summed E-state index contributed by atoms with van der Waals surface area (Å²) in [5.41, 5.74) is -3.19. The summed E-state index contributed by atoms with van der Waals surface area (Å²) in [6, 6.07) is 0. The summed E-state index contributed by atoms with van der Waals surface area (Å²) in [7, 11) is 5.32. The van der Waals surface area contributed by atoms with Gasteiger partial charge in [0, 0.05) is 5.41 Å². The minimum absolute atomic E-state index is 0.0666. The Bertz CT molecular complexity index is 1400. The van der Waals surface area contributed by atoms with Crippen LogP contribution in [0, 0.1) is 5.82 Å². The standard InChI is InChI=1S/C19H18BFN4O6/c1-19(2,3)16-10(22-5-23-16)15(29)11-18(31)24-7(17(30)25-11)4-6-12(26)8(20)9(21)14(28)13(6)27/h4-5,26-29H,1-3H3,(H,22,23)(H,24,31)(H,25,30)/b7-4-,15-11+. The SMILES string of the molecule is [B]c1c(O)c(/C=c2\[nH]c(=O)/c(=C(\O)c3nc[nH]c3C(C)(C)C)[nH]c2=O)c(O)c(O)c1F. The Kier molecular flexibility index (Phi) is 5.18. The van der Waals surface area contributed by atoms with Gasteiger partial charge in [-0.1, -0.05) is 20.8 Å². The minimum Gasteiger partial charge on any atom is -0.508 e. The fraction of sp³-hybridized carbons (Fsp3) is 0.211. The van der Waals surface area contributed by atoms with Crippen LogP contribution in [0.1, 0.15) is 37.7 Å². The van der Waals surface area contributed by atoms with Crippen LogP contribution in [0.25, 0.3) is 11.8 Å². The summed E-state index contributed by atoms with van der Waals surface area (Å²) in [4.78, 5) is 36.3. The van der Waals surface area contributed by atoms with Gasteiger partial charge in [0.1, 0.15) is 24.6 Å². The maximum atomic E-state index is 13.6. The van der Waals surface area contributed by atoms with Gasteiger partial charge in [0.05, 0.1) is 17.6 Å². The van der Waals surface area contributed by atoms with Crippen molar-refractivity contribution in [1.82, 2.24) is 19.9 Å². The van der Waals surface area contributed by atoms with Crippen LogP contribution < -0.4 is 27.3 Å². The maximum absolute atomic E-state index is 13.6. The van der Waals surface area contributed by atoms with E-state index in [-0.39, 0.29) is 5.69 Å². The van der Waals surface area contributed by atoms with E-state index in [9.17, 15) is 34.4 Å². The highest BCUT2D eigenvalue weighted by Gasteiger charge is 2.24. The van der Waals surface area contributed by atoms with Crippen LogP contribution in [0.4, 0.5) is 4.39 Å². The van der Waals surface area contributed by atoms with Gasteiger partial charge in [-0.25, -0.2) is 9.37 Å². The first-order chi connectivity index (χ1) is 14.3. The van der Waals surface area contributed by atoms with E-state index in [0.717, 1.165) is 6.08 Å². The Balaban J connectivity index is 2.30. The van der Waals surface area contributed by atoms with Crippen molar-refractivity contribution in [3.63, 3.8) is 0 Å². The van der Waals surface area contributed by atoms with Crippen LogP contribution in [0.2, 0.25) is 0 Å². The molecule has 2 radical (unpaired) electrons. The summed E-state index contributed by atoms with van der Waals surface area (Å²) in [6.07, 6.45) is 2.12. The van der Waals surface area contributed by atoms with Gasteiger partial charge in [-0.15, -0.1) is 0 Å². The molecular weight excluding hydrogens is 410 g/mol. The molecule has 0 amide bonds. The Morgan fingerprint density at radius 1 is 1.10 bits per heavy atom. The van der Waals surface area contributed by atoms with Crippen LogP contribution in [0.5, 0.6) is 17.2 Å². The second kappa shape index (κ2) is 7.38. The molecule has 0 fully saturated rings. The topological polar surface area (TPSA) is 175 Å². The second-order valence-corrected chi connectivity index (χ2v) is 7.75. The van der Waals surface area contributed by atoms with Gasteiger partial charge in [0.2, 0.25) is 0 Å². The number of aromatic amines is 3. The van der Waals surface area contributed by atoms with Crippen molar-refractivity contribution in [2.24, 2.45) is 0 Å². The minimum atomic E-state index is -1.45. The molecule has 0 saturated carbocycles. The molecule has 12 heteroatoms. The fourth-order valence-corrected chi connectivity index (χ4v) is 2.91. The van der Waals surface area contributed by atoms with Crippen LogP contribution in [0.15, 0.2) is 15.9 Å². The Hall–Kier alpha value is -3.96. The van der Waals surface area contributed by atoms with Crippen LogP contribution in [-0.2, 0) is 5.41 Å². The van der Waals surface area contributed by atoms with Crippen molar-refractivity contribution < 1.29 is 24.8 Å². The smallest absolute Gasteiger partial charge is 0.276 e. The van der Waals surface area contributed by atoms with E-state index >= 15 is 0 Å². The van der Waals surface area contributed by atoms with Gasteiger partial charge >= 0.3 is 0 Å².